The zero-order chi connectivity index (χ0) is 17.6. The number of para-hydroxylation sites is 1. The first-order chi connectivity index (χ1) is 12.0. The molecular weight excluding hydrogens is 314 g/mol. The third kappa shape index (κ3) is 2.55. The predicted octanol–water partition coefficient (Wildman–Crippen LogP) is 2.81. The second-order valence-electron chi connectivity index (χ2n) is 6.46. The monoisotopic (exact) mass is 333 g/mol. The van der Waals surface area contributed by atoms with Gasteiger partial charge in [-0.15, -0.1) is 0 Å². The summed E-state index contributed by atoms with van der Waals surface area (Å²) in [6.07, 6.45) is -0.365. The van der Waals surface area contributed by atoms with Gasteiger partial charge < -0.3 is 5.73 Å². The van der Waals surface area contributed by atoms with Crippen LogP contribution in [0.15, 0.2) is 58.3 Å². The van der Waals surface area contributed by atoms with Crippen LogP contribution in [0, 0.1) is 0 Å². The molecule has 1 aromatic heterocycles. The van der Waals surface area contributed by atoms with Gasteiger partial charge in [-0.25, -0.2) is 4.99 Å². The number of nitrogens with zero attached hydrogens (tertiary/aromatic N) is 3. The van der Waals surface area contributed by atoms with E-state index in [4.69, 9.17) is 5.73 Å². The van der Waals surface area contributed by atoms with Gasteiger partial charge in [0.1, 0.15) is 0 Å². The second kappa shape index (κ2) is 5.73. The number of rotatable bonds is 2. The molecule has 126 valence electrons. The van der Waals surface area contributed by atoms with Crippen molar-refractivity contribution in [3.05, 3.63) is 70.0 Å². The zero-order valence-corrected chi connectivity index (χ0v) is 14.1. The minimum atomic E-state index is -0.365. The zero-order valence-electron chi connectivity index (χ0n) is 14.1. The highest BCUT2D eigenvalue weighted by atomic mass is 16.1. The van der Waals surface area contributed by atoms with Gasteiger partial charge in [0.2, 0.25) is 5.95 Å². The highest BCUT2D eigenvalue weighted by molar-refractivity contribution is 5.93. The van der Waals surface area contributed by atoms with Crippen molar-refractivity contribution in [3.63, 3.8) is 0 Å². The van der Waals surface area contributed by atoms with Crippen molar-refractivity contribution in [1.29, 1.82) is 0 Å². The lowest BCUT2D eigenvalue weighted by molar-refractivity contribution is 0.615. The first-order valence-corrected chi connectivity index (χ1v) is 8.26. The van der Waals surface area contributed by atoms with E-state index in [9.17, 15) is 4.79 Å². The van der Waals surface area contributed by atoms with Crippen molar-refractivity contribution in [2.24, 2.45) is 10.7 Å². The van der Waals surface area contributed by atoms with Crippen LogP contribution in [0.2, 0.25) is 0 Å². The van der Waals surface area contributed by atoms with Crippen molar-refractivity contribution in [1.82, 2.24) is 9.55 Å². The molecule has 0 radical (unpaired) electrons. The molecule has 6 nitrogen and oxygen atoms in total. The van der Waals surface area contributed by atoms with Gasteiger partial charge in [-0.05, 0) is 29.2 Å². The first-order valence-electron chi connectivity index (χ1n) is 8.26. The third-order valence-corrected chi connectivity index (χ3v) is 4.48. The molecule has 1 aliphatic heterocycles. The summed E-state index contributed by atoms with van der Waals surface area (Å²) in [7, 11) is 0. The van der Waals surface area contributed by atoms with Gasteiger partial charge in [-0.2, -0.15) is 4.98 Å². The van der Waals surface area contributed by atoms with E-state index < -0.39 is 0 Å². The van der Waals surface area contributed by atoms with E-state index in [1.54, 1.807) is 6.07 Å². The minimum Gasteiger partial charge on any atom is -0.370 e. The smallest absolute Gasteiger partial charge is 0.282 e. The van der Waals surface area contributed by atoms with E-state index >= 15 is 0 Å². The molecule has 2 aromatic carbocycles. The number of nitrogens with one attached hydrogen (secondary N) is 1. The molecule has 0 bridgehead atoms. The molecule has 3 aromatic rings. The number of fused-ring (bicyclic) bond motifs is 3. The van der Waals surface area contributed by atoms with Crippen LogP contribution in [-0.4, -0.2) is 15.5 Å². The van der Waals surface area contributed by atoms with Gasteiger partial charge in [0.15, 0.2) is 12.1 Å². The second-order valence-corrected chi connectivity index (χ2v) is 6.46. The van der Waals surface area contributed by atoms with Crippen LogP contribution in [0.25, 0.3) is 10.9 Å². The number of anilines is 1. The Kier molecular flexibility index (Phi) is 3.53. The Balaban J connectivity index is 1.94. The molecule has 0 saturated carbocycles. The highest BCUT2D eigenvalue weighted by Gasteiger charge is 2.24. The van der Waals surface area contributed by atoms with Gasteiger partial charge in [-0.3, -0.25) is 14.7 Å². The Labute approximate surface area is 145 Å². The van der Waals surface area contributed by atoms with Gasteiger partial charge in [0.25, 0.3) is 5.56 Å². The lowest BCUT2D eigenvalue weighted by atomic mass is 10.0. The molecule has 3 N–H and O–H groups in total. The normalized spacial score (nSPS) is 16.4. The predicted molar refractivity (Wildman–Crippen MR) is 99.9 cm³/mol. The van der Waals surface area contributed by atoms with E-state index in [2.05, 4.69) is 53.4 Å². The number of aromatic nitrogens is 2. The van der Waals surface area contributed by atoms with Crippen LogP contribution in [0.3, 0.4) is 0 Å². The maximum atomic E-state index is 12.3. The molecule has 1 aliphatic rings. The number of hydrogen-bond acceptors (Lipinski definition) is 5. The number of benzene rings is 2. The standard InChI is InChI=1S/C19H19N5O/c1-11(2)12-7-9-13(10-8-12)16-21-18(20)23-19-22-17(25)14-5-3-4-6-15(14)24(16)19/h3-11,16H,1-2H3,(H3,20,21,22,23,25). The van der Waals surface area contributed by atoms with Crippen molar-refractivity contribution >= 4 is 22.8 Å². The number of aliphatic imine (C=N–C) groups is 1. The quantitative estimate of drug-likeness (QED) is 0.755. The summed E-state index contributed by atoms with van der Waals surface area (Å²) in [5, 5.41) is 3.46. The van der Waals surface area contributed by atoms with E-state index in [1.165, 1.54) is 5.56 Å². The molecule has 25 heavy (non-hydrogen) atoms. The Bertz CT molecular complexity index is 1030. The van der Waals surface area contributed by atoms with E-state index in [0.29, 0.717) is 17.3 Å². The van der Waals surface area contributed by atoms with Crippen LogP contribution >= 0.6 is 0 Å². The molecule has 0 spiro atoms. The molecular formula is C19H19N5O. The van der Waals surface area contributed by atoms with Gasteiger partial charge in [-0.1, -0.05) is 50.2 Å². The van der Waals surface area contributed by atoms with E-state index in [-0.39, 0.29) is 17.7 Å². The van der Waals surface area contributed by atoms with Crippen LogP contribution in [0.1, 0.15) is 37.1 Å². The fraction of sp³-hybridized carbons (Fsp3) is 0.211. The van der Waals surface area contributed by atoms with Crippen LogP contribution in [0.5, 0.6) is 0 Å². The molecule has 0 fully saturated rings. The summed E-state index contributed by atoms with van der Waals surface area (Å²) < 4.78 is 1.91. The summed E-state index contributed by atoms with van der Waals surface area (Å²) in [6, 6.07) is 15.7. The minimum absolute atomic E-state index is 0.250. The van der Waals surface area contributed by atoms with Crippen molar-refractivity contribution in [3.8, 4) is 0 Å². The van der Waals surface area contributed by atoms with E-state index in [1.807, 2.05) is 22.8 Å². The maximum Gasteiger partial charge on any atom is 0.282 e. The highest BCUT2D eigenvalue weighted by Crippen LogP contribution is 2.30. The van der Waals surface area contributed by atoms with Crippen LogP contribution < -0.4 is 16.6 Å². The van der Waals surface area contributed by atoms with Crippen molar-refractivity contribution in [2.45, 2.75) is 25.9 Å². The largest absolute Gasteiger partial charge is 0.370 e. The average molecular weight is 333 g/mol. The Morgan fingerprint density at radius 3 is 2.56 bits per heavy atom. The first kappa shape index (κ1) is 15.4. The molecule has 1 unspecified atom stereocenters. The SMILES string of the molecule is CC(C)c1ccc(C2N=C(N)Nc3nc(=O)c4ccccc4n32)cc1. The topological polar surface area (TPSA) is 85.3 Å². The molecule has 1 atom stereocenters. The van der Waals surface area contributed by atoms with Crippen molar-refractivity contribution < 1.29 is 0 Å². The number of guanidine groups is 1. The molecule has 2 heterocycles. The summed E-state index contributed by atoms with van der Waals surface area (Å²) >= 11 is 0. The Morgan fingerprint density at radius 1 is 1.12 bits per heavy atom. The molecule has 6 heteroatoms. The summed E-state index contributed by atoms with van der Waals surface area (Å²) in [6.45, 7) is 4.32. The summed E-state index contributed by atoms with van der Waals surface area (Å²) in [5.41, 5.74) is 8.68. The number of hydrogen-bond donors (Lipinski definition) is 2. The van der Waals surface area contributed by atoms with Gasteiger partial charge >= 0.3 is 0 Å². The van der Waals surface area contributed by atoms with Gasteiger partial charge in [0, 0.05) is 0 Å². The molecule has 0 saturated heterocycles. The fourth-order valence-corrected chi connectivity index (χ4v) is 3.14. The third-order valence-electron chi connectivity index (χ3n) is 4.48. The number of nitrogens with two attached hydrogens (primary N) is 1. The molecule has 0 amide bonds. The van der Waals surface area contributed by atoms with Crippen molar-refractivity contribution in [2.75, 3.05) is 5.32 Å². The Hall–Kier alpha value is -3.15. The van der Waals surface area contributed by atoms with Crippen LogP contribution in [-0.2, 0) is 0 Å². The molecule has 4 rings (SSSR count). The average Bonchev–Trinajstić information content (AvgIpc) is 2.61. The molecule has 0 aliphatic carbocycles. The fourth-order valence-electron chi connectivity index (χ4n) is 3.14. The van der Waals surface area contributed by atoms with Crippen LogP contribution in [0.4, 0.5) is 5.95 Å². The van der Waals surface area contributed by atoms with E-state index in [0.717, 1.165) is 11.1 Å². The lowest BCUT2D eigenvalue weighted by Gasteiger charge is -2.27. The van der Waals surface area contributed by atoms with Gasteiger partial charge in [0.05, 0.1) is 10.9 Å². The maximum absolute atomic E-state index is 12.3. The Morgan fingerprint density at radius 2 is 1.84 bits per heavy atom. The summed E-state index contributed by atoms with van der Waals surface area (Å²) in [4.78, 5) is 21.0. The summed E-state index contributed by atoms with van der Waals surface area (Å²) in [5.74, 6) is 1.12. The lowest BCUT2D eigenvalue weighted by Crippen LogP contribution is -2.34.